The van der Waals surface area contributed by atoms with Crippen LogP contribution in [0.15, 0.2) is 0 Å². The van der Waals surface area contributed by atoms with Gasteiger partial charge < -0.3 is 14.6 Å². The molecule has 0 fully saturated rings. The molecule has 154 valence electrons. The Bertz CT molecular complexity index is 377. The van der Waals surface area contributed by atoms with Crippen molar-refractivity contribution in [1.29, 1.82) is 0 Å². The van der Waals surface area contributed by atoms with Gasteiger partial charge in [-0.2, -0.15) is 0 Å². The summed E-state index contributed by atoms with van der Waals surface area (Å²) in [4.78, 5) is 24.3. The van der Waals surface area contributed by atoms with Gasteiger partial charge >= 0.3 is 11.9 Å². The molecule has 0 aliphatic rings. The number of hydrogen-bond donors (Lipinski definition) is 1. The average molecular weight is 373 g/mol. The van der Waals surface area contributed by atoms with Crippen LogP contribution in [-0.4, -0.2) is 36.4 Å². The molecule has 0 aliphatic heterocycles. The highest BCUT2D eigenvalue weighted by molar-refractivity contribution is 5.76. The van der Waals surface area contributed by atoms with Gasteiger partial charge in [0.25, 0.3) is 0 Å². The highest BCUT2D eigenvalue weighted by Gasteiger charge is 2.31. The first kappa shape index (κ1) is 24.9. The summed E-state index contributed by atoms with van der Waals surface area (Å²) in [5.41, 5.74) is -1.13. The van der Waals surface area contributed by atoms with Crippen LogP contribution in [0.2, 0.25) is 0 Å². The highest BCUT2D eigenvalue weighted by atomic mass is 16.6. The lowest BCUT2D eigenvalue weighted by atomic mass is 9.87. The normalized spacial score (nSPS) is 12.3. The Balaban J connectivity index is 4.19. The van der Waals surface area contributed by atoms with Crippen LogP contribution in [0, 0.1) is 10.8 Å². The highest BCUT2D eigenvalue weighted by Crippen LogP contribution is 2.26. The predicted octanol–water partition coefficient (Wildman–Crippen LogP) is 4.65. The molecule has 0 aromatic carbocycles. The van der Waals surface area contributed by atoms with Gasteiger partial charge in [0, 0.05) is 0 Å². The fraction of sp³-hybridized carbons (Fsp3) is 0.905. The second-order valence-corrected chi connectivity index (χ2v) is 8.53. The van der Waals surface area contributed by atoms with Crippen molar-refractivity contribution >= 4 is 11.9 Å². The van der Waals surface area contributed by atoms with Crippen molar-refractivity contribution in [3.63, 3.8) is 0 Å². The number of esters is 2. The maximum atomic E-state index is 12.2. The van der Waals surface area contributed by atoms with E-state index in [1.54, 1.807) is 0 Å². The molecule has 5 nitrogen and oxygen atoms in total. The molecule has 0 amide bonds. The number of carbonyl (C=O) groups is 2. The third-order valence-electron chi connectivity index (χ3n) is 4.73. The summed E-state index contributed by atoms with van der Waals surface area (Å²) in [6.45, 7) is 11.4. The standard InChI is InChI=1S/C21H40O5/c1-7-9-11-13-20(3,4)18(23)25-15-17(22)16-26-19(24)21(5,6)14-12-10-8-2/h17,22H,7-16H2,1-6H3. The Morgan fingerprint density at radius 2 is 1.12 bits per heavy atom. The zero-order chi connectivity index (χ0) is 20.2. The lowest BCUT2D eigenvalue weighted by Gasteiger charge is -2.25. The molecule has 0 aliphatic carbocycles. The van der Waals surface area contributed by atoms with Gasteiger partial charge in [-0.3, -0.25) is 9.59 Å². The molecular weight excluding hydrogens is 332 g/mol. The minimum absolute atomic E-state index is 0.153. The largest absolute Gasteiger partial charge is 0.462 e. The van der Waals surface area contributed by atoms with Crippen molar-refractivity contribution in [2.24, 2.45) is 10.8 Å². The van der Waals surface area contributed by atoms with Gasteiger partial charge in [0.2, 0.25) is 0 Å². The number of aliphatic hydroxyl groups excluding tert-OH is 1. The lowest BCUT2D eigenvalue weighted by molar-refractivity contribution is -0.163. The summed E-state index contributed by atoms with van der Waals surface area (Å²) in [7, 11) is 0. The van der Waals surface area contributed by atoms with Gasteiger partial charge in [-0.05, 0) is 40.5 Å². The summed E-state index contributed by atoms with van der Waals surface area (Å²) >= 11 is 0. The maximum Gasteiger partial charge on any atom is 0.311 e. The fourth-order valence-corrected chi connectivity index (χ4v) is 2.62. The zero-order valence-electron chi connectivity index (χ0n) is 17.7. The number of carbonyl (C=O) groups excluding carboxylic acids is 2. The van der Waals surface area contributed by atoms with Crippen molar-refractivity contribution in [3.8, 4) is 0 Å². The van der Waals surface area contributed by atoms with Crippen LogP contribution in [0.1, 0.15) is 92.9 Å². The fourth-order valence-electron chi connectivity index (χ4n) is 2.62. The molecule has 0 heterocycles. The lowest BCUT2D eigenvalue weighted by Crippen LogP contribution is -2.33. The van der Waals surface area contributed by atoms with Crippen molar-refractivity contribution in [2.45, 2.75) is 99.0 Å². The first-order chi connectivity index (χ1) is 12.1. The topological polar surface area (TPSA) is 72.8 Å². The third kappa shape index (κ3) is 10.1. The van der Waals surface area contributed by atoms with Crippen LogP contribution in [0.25, 0.3) is 0 Å². The first-order valence-corrected chi connectivity index (χ1v) is 10.1. The van der Waals surface area contributed by atoms with Crippen LogP contribution < -0.4 is 0 Å². The van der Waals surface area contributed by atoms with Gasteiger partial charge in [-0.15, -0.1) is 0 Å². The maximum absolute atomic E-state index is 12.2. The molecule has 0 saturated heterocycles. The van der Waals surface area contributed by atoms with E-state index in [4.69, 9.17) is 9.47 Å². The molecule has 0 saturated carbocycles. The van der Waals surface area contributed by atoms with E-state index >= 15 is 0 Å². The number of aliphatic hydroxyl groups is 1. The molecule has 0 radical (unpaired) electrons. The van der Waals surface area contributed by atoms with E-state index < -0.39 is 16.9 Å². The third-order valence-corrected chi connectivity index (χ3v) is 4.73. The Kier molecular flexibility index (Phi) is 11.8. The van der Waals surface area contributed by atoms with Gasteiger partial charge in [0.15, 0.2) is 0 Å². The van der Waals surface area contributed by atoms with E-state index in [1.807, 2.05) is 27.7 Å². The van der Waals surface area contributed by atoms with Gasteiger partial charge in [0.1, 0.15) is 19.3 Å². The average Bonchev–Trinajstić information content (AvgIpc) is 2.57. The van der Waals surface area contributed by atoms with Gasteiger partial charge in [0.05, 0.1) is 10.8 Å². The monoisotopic (exact) mass is 372 g/mol. The SMILES string of the molecule is CCCCCC(C)(C)C(=O)OCC(O)COC(=O)C(C)(C)CCCCC. The molecule has 0 aromatic heterocycles. The quantitative estimate of drug-likeness (QED) is 0.355. The predicted molar refractivity (Wildman–Crippen MR) is 104 cm³/mol. The van der Waals surface area contributed by atoms with Crippen molar-refractivity contribution in [3.05, 3.63) is 0 Å². The van der Waals surface area contributed by atoms with Gasteiger partial charge in [-0.25, -0.2) is 0 Å². The zero-order valence-corrected chi connectivity index (χ0v) is 17.7. The van der Waals surface area contributed by atoms with Crippen LogP contribution in [0.4, 0.5) is 0 Å². The number of ether oxygens (including phenoxy) is 2. The van der Waals surface area contributed by atoms with Crippen LogP contribution in [0.5, 0.6) is 0 Å². The van der Waals surface area contributed by atoms with Crippen molar-refractivity contribution in [1.82, 2.24) is 0 Å². The van der Waals surface area contributed by atoms with Crippen molar-refractivity contribution in [2.75, 3.05) is 13.2 Å². The summed E-state index contributed by atoms with van der Waals surface area (Å²) < 4.78 is 10.4. The summed E-state index contributed by atoms with van der Waals surface area (Å²) in [6.07, 6.45) is 6.85. The number of hydrogen-bond acceptors (Lipinski definition) is 5. The van der Waals surface area contributed by atoms with E-state index in [0.717, 1.165) is 51.4 Å². The molecule has 0 unspecified atom stereocenters. The molecule has 0 aromatic rings. The van der Waals surface area contributed by atoms with E-state index in [1.165, 1.54) is 0 Å². The number of rotatable bonds is 14. The minimum Gasteiger partial charge on any atom is -0.462 e. The Morgan fingerprint density at radius 1 is 0.769 bits per heavy atom. The van der Waals surface area contributed by atoms with E-state index in [-0.39, 0.29) is 25.2 Å². The molecule has 26 heavy (non-hydrogen) atoms. The first-order valence-electron chi connectivity index (χ1n) is 10.1. The second-order valence-electron chi connectivity index (χ2n) is 8.53. The number of unbranched alkanes of at least 4 members (excludes halogenated alkanes) is 4. The Hall–Kier alpha value is -1.10. The molecule has 5 heteroatoms. The van der Waals surface area contributed by atoms with E-state index in [9.17, 15) is 14.7 Å². The molecule has 0 atom stereocenters. The molecule has 0 rings (SSSR count). The Morgan fingerprint density at radius 3 is 1.42 bits per heavy atom. The molecule has 1 N–H and O–H groups in total. The molecule has 0 spiro atoms. The van der Waals surface area contributed by atoms with E-state index in [2.05, 4.69) is 13.8 Å². The minimum atomic E-state index is -0.999. The smallest absolute Gasteiger partial charge is 0.311 e. The molecule has 0 bridgehead atoms. The summed E-state index contributed by atoms with van der Waals surface area (Å²) in [5, 5.41) is 9.95. The van der Waals surface area contributed by atoms with Crippen LogP contribution in [-0.2, 0) is 19.1 Å². The Labute approximate surface area is 159 Å². The van der Waals surface area contributed by atoms with Crippen LogP contribution >= 0.6 is 0 Å². The molecular formula is C21H40O5. The van der Waals surface area contributed by atoms with Crippen molar-refractivity contribution < 1.29 is 24.2 Å². The van der Waals surface area contributed by atoms with Crippen LogP contribution in [0.3, 0.4) is 0 Å². The second kappa shape index (κ2) is 12.3. The summed E-state index contributed by atoms with van der Waals surface area (Å²) in [5.74, 6) is -0.641. The van der Waals surface area contributed by atoms with Gasteiger partial charge in [-0.1, -0.05) is 52.4 Å². The summed E-state index contributed by atoms with van der Waals surface area (Å²) in [6, 6.07) is 0. The van der Waals surface area contributed by atoms with E-state index in [0.29, 0.717) is 0 Å².